The molecule has 0 bridgehead atoms. The number of carbonyl (C=O) groups excluding carboxylic acids is 1. The second-order valence-electron chi connectivity index (χ2n) is 6.04. The van der Waals surface area contributed by atoms with Crippen molar-refractivity contribution in [1.82, 2.24) is 5.32 Å². The number of aliphatic hydroxyl groups is 2. The summed E-state index contributed by atoms with van der Waals surface area (Å²) in [7, 11) is 0. The lowest BCUT2D eigenvalue weighted by Crippen LogP contribution is -2.47. The van der Waals surface area contributed by atoms with Gasteiger partial charge in [-0.3, -0.25) is 4.79 Å². The Balaban J connectivity index is 2.57. The van der Waals surface area contributed by atoms with Gasteiger partial charge in [0.2, 0.25) is 5.91 Å². The lowest BCUT2D eigenvalue weighted by molar-refractivity contribution is -0.129. The first-order chi connectivity index (χ1) is 7.86. The van der Waals surface area contributed by atoms with Crippen LogP contribution in [0.2, 0.25) is 0 Å². The van der Waals surface area contributed by atoms with Crippen molar-refractivity contribution in [2.75, 3.05) is 6.61 Å². The van der Waals surface area contributed by atoms with Crippen LogP contribution in [-0.2, 0) is 4.79 Å². The summed E-state index contributed by atoms with van der Waals surface area (Å²) in [5.74, 6) is -0.332. The van der Waals surface area contributed by atoms with Crippen molar-refractivity contribution in [3.05, 3.63) is 0 Å². The molecular formula is C13H25NO3. The Hall–Kier alpha value is -0.610. The minimum atomic E-state index is -0.496. The number of aliphatic hydroxyl groups excluding tert-OH is 2. The van der Waals surface area contributed by atoms with Gasteiger partial charge in [-0.05, 0) is 31.1 Å². The molecule has 0 heterocycles. The molecule has 17 heavy (non-hydrogen) atoms. The maximum Gasteiger partial charge on any atom is 0.225 e. The summed E-state index contributed by atoms with van der Waals surface area (Å²) in [6.45, 7) is 6.19. The average molecular weight is 243 g/mol. The molecule has 4 nitrogen and oxygen atoms in total. The summed E-state index contributed by atoms with van der Waals surface area (Å²) < 4.78 is 0. The van der Waals surface area contributed by atoms with E-state index in [0.717, 1.165) is 19.3 Å². The lowest BCUT2D eigenvalue weighted by atomic mass is 9.84. The van der Waals surface area contributed by atoms with Gasteiger partial charge in [0, 0.05) is 12.6 Å². The molecule has 1 amide bonds. The van der Waals surface area contributed by atoms with Crippen LogP contribution in [0.25, 0.3) is 0 Å². The number of amides is 1. The Morgan fingerprint density at radius 1 is 1.41 bits per heavy atom. The molecule has 1 aliphatic carbocycles. The zero-order valence-electron chi connectivity index (χ0n) is 11.1. The molecule has 0 aromatic rings. The van der Waals surface area contributed by atoms with Crippen LogP contribution in [0.1, 0.15) is 46.5 Å². The van der Waals surface area contributed by atoms with Crippen LogP contribution in [0.4, 0.5) is 0 Å². The number of hydrogen-bond acceptors (Lipinski definition) is 3. The van der Waals surface area contributed by atoms with Crippen molar-refractivity contribution in [3.8, 4) is 0 Å². The van der Waals surface area contributed by atoms with Gasteiger partial charge in [-0.1, -0.05) is 20.8 Å². The van der Waals surface area contributed by atoms with E-state index < -0.39 is 6.10 Å². The summed E-state index contributed by atoms with van der Waals surface area (Å²) in [6, 6.07) is -0.0483. The molecule has 0 aliphatic heterocycles. The maximum absolute atomic E-state index is 12.0. The van der Waals surface area contributed by atoms with Gasteiger partial charge in [0.05, 0.1) is 12.0 Å². The zero-order valence-corrected chi connectivity index (χ0v) is 11.1. The predicted octanol–water partition coefficient (Wildman–Crippen LogP) is 1.06. The van der Waals surface area contributed by atoms with Crippen LogP contribution in [0.15, 0.2) is 0 Å². The van der Waals surface area contributed by atoms with Crippen molar-refractivity contribution in [2.24, 2.45) is 11.3 Å². The van der Waals surface area contributed by atoms with E-state index in [-0.39, 0.29) is 29.9 Å². The molecule has 3 atom stereocenters. The van der Waals surface area contributed by atoms with Gasteiger partial charge < -0.3 is 15.5 Å². The molecule has 4 heteroatoms. The first kappa shape index (κ1) is 14.5. The molecule has 0 aromatic carbocycles. The fraction of sp³-hybridized carbons (Fsp3) is 0.923. The van der Waals surface area contributed by atoms with E-state index in [1.165, 1.54) is 0 Å². The van der Waals surface area contributed by atoms with Crippen molar-refractivity contribution in [1.29, 1.82) is 0 Å². The van der Waals surface area contributed by atoms with Gasteiger partial charge in [-0.15, -0.1) is 0 Å². The fourth-order valence-electron chi connectivity index (χ4n) is 2.38. The Labute approximate surface area is 103 Å². The SMILES string of the molecule is CC(C)(C)C(CCO)NC(=O)C1CCCC1O. The largest absolute Gasteiger partial charge is 0.396 e. The standard InChI is InChI=1S/C13H25NO3/c1-13(2,3)11(7-8-15)14-12(17)9-5-4-6-10(9)16/h9-11,15-16H,4-8H2,1-3H3,(H,14,17). The van der Waals surface area contributed by atoms with Crippen LogP contribution in [0.5, 0.6) is 0 Å². The van der Waals surface area contributed by atoms with Crippen molar-refractivity contribution in [2.45, 2.75) is 58.6 Å². The van der Waals surface area contributed by atoms with Crippen molar-refractivity contribution >= 4 is 5.91 Å². The Morgan fingerprint density at radius 3 is 2.47 bits per heavy atom. The van der Waals surface area contributed by atoms with E-state index in [0.29, 0.717) is 6.42 Å². The second-order valence-corrected chi connectivity index (χ2v) is 6.04. The molecule has 0 radical (unpaired) electrons. The van der Waals surface area contributed by atoms with Crippen LogP contribution in [0, 0.1) is 11.3 Å². The van der Waals surface area contributed by atoms with Gasteiger partial charge in [0.15, 0.2) is 0 Å². The monoisotopic (exact) mass is 243 g/mol. The molecule has 3 unspecified atom stereocenters. The van der Waals surface area contributed by atoms with Crippen LogP contribution < -0.4 is 5.32 Å². The van der Waals surface area contributed by atoms with Gasteiger partial charge in [-0.25, -0.2) is 0 Å². The lowest BCUT2D eigenvalue weighted by Gasteiger charge is -2.32. The van der Waals surface area contributed by atoms with E-state index in [1.54, 1.807) is 0 Å². The van der Waals surface area contributed by atoms with Gasteiger partial charge in [0.25, 0.3) is 0 Å². The van der Waals surface area contributed by atoms with E-state index in [4.69, 9.17) is 5.11 Å². The molecule has 1 rings (SSSR count). The van der Waals surface area contributed by atoms with Gasteiger partial charge in [0.1, 0.15) is 0 Å². The Morgan fingerprint density at radius 2 is 2.06 bits per heavy atom. The highest BCUT2D eigenvalue weighted by Crippen LogP contribution is 2.27. The second kappa shape index (κ2) is 5.83. The van der Waals surface area contributed by atoms with Crippen molar-refractivity contribution in [3.63, 3.8) is 0 Å². The van der Waals surface area contributed by atoms with E-state index >= 15 is 0 Å². The summed E-state index contributed by atoms with van der Waals surface area (Å²) in [5.41, 5.74) is -0.0814. The smallest absolute Gasteiger partial charge is 0.225 e. The quantitative estimate of drug-likeness (QED) is 0.691. The van der Waals surface area contributed by atoms with Crippen molar-refractivity contribution < 1.29 is 15.0 Å². The molecule has 1 fully saturated rings. The summed E-state index contributed by atoms with van der Waals surface area (Å²) in [4.78, 5) is 12.0. The number of hydrogen-bond donors (Lipinski definition) is 3. The minimum Gasteiger partial charge on any atom is -0.396 e. The molecule has 3 N–H and O–H groups in total. The molecule has 0 spiro atoms. The van der Waals surface area contributed by atoms with Gasteiger partial charge in [-0.2, -0.15) is 0 Å². The third kappa shape index (κ3) is 3.96. The minimum absolute atomic E-state index is 0.0483. The number of rotatable bonds is 4. The van der Waals surface area contributed by atoms with Crippen LogP contribution >= 0.6 is 0 Å². The summed E-state index contributed by atoms with van der Waals surface area (Å²) >= 11 is 0. The average Bonchev–Trinajstić information content (AvgIpc) is 2.62. The highest BCUT2D eigenvalue weighted by molar-refractivity contribution is 5.79. The molecule has 1 saturated carbocycles. The summed E-state index contributed by atoms with van der Waals surface area (Å²) in [5, 5.41) is 21.7. The molecule has 1 aliphatic rings. The normalized spacial score (nSPS) is 26.9. The number of nitrogens with one attached hydrogen (secondary N) is 1. The van der Waals surface area contributed by atoms with E-state index in [9.17, 15) is 9.90 Å². The molecule has 100 valence electrons. The van der Waals surface area contributed by atoms with Crippen LogP contribution in [0.3, 0.4) is 0 Å². The molecule has 0 aromatic heterocycles. The predicted molar refractivity (Wildman–Crippen MR) is 66.4 cm³/mol. The third-order valence-electron chi connectivity index (χ3n) is 3.60. The highest BCUT2D eigenvalue weighted by atomic mass is 16.3. The van der Waals surface area contributed by atoms with E-state index in [1.807, 2.05) is 20.8 Å². The molecule has 0 saturated heterocycles. The molecular weight excluding hydrogens is 218 g/mol. The first-order valence-corrected chi connectivity index (χ1v) is 6.45. The third-order valence-corrected chi connectivity index (χ3v) is 3.60. The number of carbonyl (C=O) groups is 1. The maximum atomic E-state index is 12.0. The first-order valence-electron chi connectivity index (χ1n) is 6.45. The summed E-state index contributed by atoms with van der Waals surface area (Å²) in [6.07, 6.45) is 2.46. The van der Waals surface area contributed by atoms with Gasteiger partial charge >= 0.3 is 0 Å². The zero-order chi connectivity index (χ0) is 13.1. The fourth-order valence-corrected chi connectivity index (χ4v) is 2.38. The van der Waals surface area contributed by atoms with Crippen LogP contribution in [-0.4, -0.2) is 34.9 Å². The topological polar surface area (TPSA) is 69.6 Å². The highest BCUT2D eigenvalue weighted by Gasteiger charge is 2.34. The van der Waals surface area contributed by atoms with E-state index in [2.05, 4.69) is 5.32 Å². The Kier molecular flexibility index (Phi) is 4.95. The Bertz CT molecular complexity index is 260.